The second-order valence-corrected chi connectivity index (χ2v) is 5.78. The molecule has 6 heteroatoms. The predicted molar refractivity (Wildman–Crippen MR) is 72.9 cm³/mol. The number of piperidine rings is 1. The molecule has 1 saturated heterocycles. The number of oxime groups is 1. The van der Waals surface area contributed by atoms with Crippen LogP contribution in [0.3, 0.4) is 0 Å². The highest BCUT2D eigenvalue weighted by atomic mass is 16.4. The van der Waals surface area contributed by atoms with Gasteiger partial charge in [0.1, 0.15) is 0 Å². The Morgan fingerprint density at radius 3 is 2.58 bits per heavy atom. The van der Waals surface area contributed by atoms with Crippen molar-refractivity contribution in [3.63, 3.8) is 0 Å². The number of nitrogens with zero attached hydrogens (tertiary/aromatic N) is 2. The van der Waals surface area contributed by atoms with Gasteiger partial charge in [0.2, 0.25) is 5.91 Å². The molecule has 6 nitrogen and oxygen atoms in total. The van der Waals surface area contributed by atoms with E-state index in [1.54, 1.807) is 0 Å². The van der Waals surface area contributed by atoms with Gasteiger partial charge in [0.05, 0.1) is 6.54 Å². The number of amides is 1. The number of nitrogens with two attached hydrogens (primary N) is 1. The first-order chi connectivity index (χ1) is 9.10. The molecule has 1 atom stereocenters. The van der Waals surface area contributed by atoms with Crippen LogP contribution in [0, 0.1) is 11.8 Å². The molecule has 0 radical (unpaired) electrons. The molecule has 4 N–H and O–H groups in total. The first-order valence-corrected chi connectivity index (χ1v) is 7.09. The Bertz CT molecular complexity index is 347. The lowest BCUT2D eigenvalue weighted by molar-refractivity contribution is -0.126. The zero-order valence-corrected chi connectivity index (χ0v) is 11.5. The van der Waals surface area contributed by atoms with Gasteiger partial charge in [-0.3, -0.25) is 9.69 Å². The summed E-state index contributed by atoms with van der Waals surface area (Å²) >= 11 is 0. The molecule has 1 unspecified atom stereocenters. The zero-order chi connectivity index (χ0) is 13.8. The number of amidine groups is 1. The minimum atomic E-state index is 0.162. The van der Waals surface area contributed by atoms with Gasteiger partial charge in [-0.1, -0.05) is 12.1 Å². The lowest BCUT2D eigenvalue weighted by Gasteiger charge is -2.32. The van der Waals surface area contributed by atoms with Crippen molar-refractivity contribution in [2.75, 3.05) is 19.6 Å². The standard InChI is InChI=1S/C13H24N4O2/c1-9(10-2-3-10)13(18)15-11-4-6-17(7-5-11)8-12(14)16-19/h9-11,19H,2-8H2,1H3,(H2,14,16)(H,15,18). The van der Waals surface area contributed by atoms with Crippen molar-refractivity contribution < 1.29 is 10.0 Å². The Kier molecular flexibility index (Phi) is 4.63. The van der Waals surface area contributed by atoms with Crippen LogP contribution in [0.15, 0.2) is 5.16 Å². The molecule has 1 amide bonds. The molecule has 1 saturated carbocycles. The summed E-state index contributed by atoms with van der Waals surface area (Å²) in [5.41, 5.74) is 5.49. The summed E-state index contributed by atoms with van der Waals surface area (Å²) in [4.78, 5) is 14.1. The first kappa shape index (κ1) is 14.1. The van der Waals surface area contributed by atoms with Crippen molar-refractivity contribution in [2.24, 2.45) is 22.7 Å². The summed E-state index contributed by atoms with van der Waals surface area (Å²) in [5, 5.41) is 14.7. The molecule has 0 bridgehead atoms. The molecule has 1 aliphatic carbocycles. The van der Waals surface area contributed by atoms with Crippen LogP contribution in [0.25, 0.3) is 0 Å². The van der Waals surface area contributed by atoms with Crippen molar-refractivity contribution in [2.45, 2.75) is 38.6 Å². The molecular weight excluding hydrogens is 244 g/mol. The van der Waals surface area contributed by atoms with Crippen LogP contribution in [-0.4, -0.2) is 47.5 Å². The van der Waals surface area contributed by atoms with E-state index in [-0.39, 0.29) is 23.7 Å². The van der Waals surface area contributed by atoms with E-state index in [2.05, 4.69) is 15.4 Å². The fraction of sp³-hybridized carbons (Fsp3) is 0.846. The van der Waals surface area contributed by atoms with E-state index < -0.39 is 0 Å². The molecule has 2 rings (SSSR count). The summed E-state index contributed by atoms with van der Waals surface area (Å²) in [5.74, 6) is 1.22. The number of hydrogen-bond acceptors (Lipinski definition) is 4. The molecule has 1 aliphatic heterocycles. The van der Waals surface area contributed by atoms with Gasteiger partial charge < -0.3 is 16.3 Å². The van der Waals surface area contributed by atoms with Gasteiger partial charge in [0.15, 0.2) is 5.84 Å². The minimum absolute atomic E-state index is 0.162. The highest BCUT2D eigenvalue weighted by Crippen LogP contribution is 2.36. The average molecular weight is 268 g/mol. The Morgan fingerprint density at radius 1 is 1.42 bits per heavy atom. The van der Waals surface area contributed by atoms with Crippen LogP contribution < -0.4 is 11.1 Å². The molecule has 0 spiro atoms. The first-order valence-electron chi connectivity index (χ1n) is 7.09. The van der Waals surface area contributed by atoms with Gasteiger partial charge in [-0.15, -0.1) is 0 Å². The van der Waals surface area contributed by atoms with Crippen molar-refractivity contribution in [3.05, 3.63) is 0 Å². The highest BCUT2D eigenvalue weighted by Gasteiger charge is 2.33. The molecular formula is C13H24N4O2. The van der Waals surface area contributed by atoms with Gasteiger partial charge >= 0.3 is 0 Å². The molecule has 0 aromatic carbocycles. The van der Waals surface area contributed by atoms with E-state index in [9.17, 15) is 4.79 Å². The second kappa shape index (κ2) is 6.23. The average Bonchev–Trinajstić information content (AvgIpc) is 3.24. The quantitative estimate of drug-likeness (QED) is 0.290. The molecule has 108 valence electrons. The third-order valence-electron chi connectivity index (χ3n) is 4.19. The van der Waals surface area contributed by atoms with Crippen LogP contribution in [0.1, 0.15) is 32.6 Å². The third-order valence-corrected chi connectivity index (χ3v) is 4.19. The summed E-state index contributed by atoms with van der Waals surface area (Å²) in [6.07, 6.45) is 4.27. The van der Waals surface area contributed by atoms with Crippen LogP contribution in [0.4, 0.5) is 0 Å². The van der Waals surface area contributed by atoms with Gasteiger partial charge in [-0.05, 0) is 31.6 Å². The summed E-state index contributed by atoms with van der Waals surface area (Å²) in [6.45, 7) is 4.27. The SMILES string of the molecule is CC(C(=O)NC1CCN(CC(N)=NO)CC1)C1CC1. The van der Waals surface area contributed by atoms with Gasteiger partial charge in [0, 0.05) is 25.0 Å². The number of carbonyl (C=O) groups excluding carboxylic acids is 1. The Labute approximate surface area is 114 Å². The molecule has 19 heavy (non-hydrogen) atoms. The van der Waals surface area contributed by atoms with E-state index in [1.165, 1.54) is 12.8 Å². The third kappa shape index (κ3) is 4.09. The van der Waals surface area contributed by atoms with Crippen LogP contribution >= 0.6 is 0 Å². The summed E-state index contributed by atoms with van der Waals surface area (Å²) in [6, 6.07) is 0.275. The monoisotopic (exact) mass is 268 g/mol. The van der Waals surface area contributed by atoms with Gasteiger partial charge in [-0.25, -0.2) is 0 Å². The van der Waals surface area contributed by atoms with Crippen LogP contribution in [0.5, 0.6) is 0 Å². The van der Waals surface area contributed by atoms with Crippen molar-refractivity contribution in [1.29, 1.82) is 0 Å². The zero-order valence-electron chi connectivity index (χ0n) is 11.5. The minimum Gasteiger partial charge on any atom is -0.409 e. The summed E-state index contributed by atoms with van der Waals surface area (Å²) < 4.78 is 0. The number of rotatable bonds is 5. The van der Waals surface area contributed by atoms with Crippen molar-refractivity contribution >= 4 is 11.7 Å². The van der Waals surface area contributed by atoms with Crippen LogP contribution in [0.2, 0.25) is 0 Å². The number of nitrogens with one attached hydrogen (secondary N) is 1. The topological polar surface area (TPSA) is 91.0 Å². The summed E-state index contributed by atoms with van der Waals surface area (Å²) in [7, 11) is 0. The Hall–Kier alpha value is -1.30. The normalized spacial score (nSPS) is 24.2. The molecule has 0 aromatic heterocycles. The number of hydrogen-bond donors (Lipinski definition) is 3. The van der Waals surface area contributed by atoms with E-state index in [1.807, 2.05) is 6.92 Å². The molecule has 2 aliphatic rings. The van der Waals surface area contributed by atoms with E-state index in [0.29, 0.717) is 12.5 Å². The smallest absolute Gasteiger partial charge is 0.223 e. The predicted octanol–water partition coefficient (Wildman–Crippen LogP) is 0.360. The maximum atomic E-state index is 12.0. The van der Waals surface area contributed by atoms with Gasteiger partial charge in [-0.2, -0.15) is 0 Å². The van der Waals surface area contributed by atoms with Crippen molar-refractivity contribution in [1.82, 2.24) is 10.2 Å². The van der Waals surface area contributed by atoms with Crippen molar-refractivity contribution in [3.8, 4) is 0 Å². The van der Waals surface area contributed by atoms with E-state index >= 15 is 0 Å². The Balaban J connectivity index is 1.69. The van der Waals surface area contributed by atoms with E-state index in [0.717, 1.165) is 25.9 Å². The Morgan fingerprint density at radius 2 is 2.05 bits per heavy atom. The largest absolute Gasteiger partial charge is 0.409 e. The molecule has 0 aromatic rings. The molecule has 2 fully saturated rings. The number of likely N-dealkylation sites (tertiary alicyclic amines) is 1. The maximum absolute atomic E-state index is 12.0. The lowest BCUT2D eigenvalue weighted by Crippen LogP contribution is -2.48. The lowest BCUT2D eigenvalue weighted by atomic mass is 10.0. The van der Waals surface area contributed by atoms with E-state index in [4.69, 9.17) is 10.9 Å². The maximum Gasteiger partial charge on any atom is 0.223 e. The molecule has 1 heterocycles. The fourth-order valence-electron chi connectivity index (χ4n) is 2.64. The fourth-order valence-corrected chi connectivity index (χ4v) is 2.64. The van der Waals surface area contributed by atoms with Crippen LogP contribution in [-0.2, 0) is 4.79 Å². The van der Waals surface area contributed by atoms with Gasteiger partial charge in [0.25, 0.3) is 0 Å². The highest BCUT2D eigenvalue weighted by molar-refractivity contribution is 5.81. The second-order valence-electron chi connectivity index (χ2n) is 5.78. The number of carbonyl (C=O) groups is 1.